The van der Waals surface area contributed by atoms with Crippen LogP contribution in [0.25, 0.3) is 0 Å². The molecule has 0 bridgehead atoms. The lowest BCUT2D eigenvalue weighted by Crippen LogP contribution is -2.57. The van der Waals surface area contributed by atoms with Gasteiger partial charge in [-0.25, -0.2) is 9.59 Å². The molecule has 0 spiro atoms. The monoisotopic (exact) mass is 294 g/mol. The smallest absolute Gasteiger partial charge is 0.329 e. The minimum atomic E-state index is -0.956. The van der Waals surface area contributed by atoms with Crippen molar-refractivity contribution in [3.63, 3.8) is 0 Å². The van der Waals surface area contributed by atoms with Crippen LogP contribution in [0.2, 0.25) is 0 Å². The van der Waals surface area contributed by atoms with E-state index in [1.54, 1.807) is 4.90 Å². The predicted molar refractivity (Wildman–Crippen MR) is 79.1 cm³/mol. The number of aliphatic carboxylic acids is 1. The van der Waals surface area contributed by atoms with Crippen LogP contribution < -0.4 is 0 Å². The summed E-state index contributed by atoms with van der Waals surface area (Å²) in [5.41, 5.74) is -0.956. The van der Waals surface area contributed by atoms with Crippen molar-refractivity contribution in [2.75, 3.05) is 13.1 Å². The number of nitrogens with zero attached hydrogens (tertiary/aromatic N) is 2. The van der Waals surface area contributed by atoms with E-state index in [2.05, 4.69) is 0 Å². The lowest BCUT2D eigenvalue weighted by Gasteiger charge is -2.38. The van der Waals surface area contributed by atoms with E-state index in [1.165, 1.54) is 12.8 Å². The second-order valence-corrected chi connectivity index (χ2v) is 6.95. The van der Waals surface area contributed by atoms with Gasteiger partial charge in [0.1, 0.15) is 5.54 Å². The van der Waals surface area contributed by atoms with Crippen LogP contribution in [0.1, 0.15) is 58.3 Å². The third kappa shape index (κ3) is 2.74. The van der Waals surface area contributed by atoms with Crippen LogP contribution in [0.15, 0.2) is 0 Å². The highest BCUT2D eigenvalue weighted by Gasteiger charge is 2.51. The van der Waals surface area contributed by atoms with Crippen LogP contribution in [0.3, 0.4) is 0 Å². The Labute approximate surface area is 126 Å². The molecule has 5 heteroatoms. The first kappa shape index (κ1) is 14.7. The fourth-order valence-corrected chi connectivity index (χ4v) is 3.66. The zero-order valence-corrected chi connectivity index (χ0v) is 12.9. The molecule has 0 aromatic rings. The normalized spacial score (nSPS) is 28.7. The zero-order valence-electron chi connectivity index (χ0n) is 12.9. The highest BCUT2D eigenvalue weighted by molar-refractivity contribution is 5.87. The molecule has 1 heterocycles. The number of likely N-dealkylation sites (tertiary alicyclic amines) is 1. The van der Waals surface area contributed by atoms with Gasteiger partial charge in [0.25, 0.3) is 0 Å². The minimum absolute atomic E-state index is 0.0160. The van der Waals surface area contributed by atoms with Crippen LogP contribution in [-0.2, 0) is 4.79 Å². The van der Waals surface area contributed by atoms with Crippen molar-refractivity contribution in [2.24, 2.45) is 5.92 Å². The number of amides is 2. The largest absolute Gasteiger partial charge is 0.479 e. The lowest BCUT2D eigenvalue weighted by molar-refractivity contribution is -0.148. The maximum atomic E-state index is 13.0. The van der Waals surface area contributed by atoms with Crippen LogP contribution in [-0.4, -0.2) is 51.6 Å². The maximum absolute atomic E-state index is 13.0. The van der Waals surface area contributed by atoms with Crippen molar-refractivity contribution in [2.45, 2.75) is 69.9 Å². The van der Waals surface area contributed by atoms with E-state index >= 15 is 0 Å². The highest BCUT2D eigenvalue weighted by Crippen LogP contribution is 2.39. The second-order valence-electron chi connectivity index (χ2n) is 6.95. The first-order valence-corrected chi connectivity index (χ1v) is 8.40. The van der Waals surface area contributed by atoms with Crippen LogP contribution in [0, 0.1) is 5.92 Å². The summed E-state index contributed by atoms with van der Waals surface area (Å²) in [5, 5.41) is 9.73. The van der Waals surface area contributed by atoms with Crippen molar-refractivity contribution in [3.05, 3.63) is 0 Å². The van der Waals surface area contributed by atoms with Crippen molar-refractivity contribution < 1.29 is 14.7 Å². The van der Waals surface area contributed by atoms with E-state index in [-0.39, 0.29) is 6.03 Å². The Morgan fingerprint density at radius 3 is 2.52 bits per heavy atom. The number of hydrogen-bond donors (Lipinski definition) is 1. The number of hydrogen-bond acceptors (Lipinski definition) is 2. The van der Waals surface area contributed by atoms with Gasteiger partial charge in [0, 0.05) is 19.1 Å². The average Bonchev–Trinajstić information content (AvgIpc) is 3.35. The van der Waals surface area contributed by atoms with E-state index < -0.39 is 11.5 Å². The van der Waals surface area contributed by atoms with Gasteiger partial charge in [-0.3, -0.25) is 0 Å². The van der Waals surface area contributed by atoms with Crippen LogP contribution >= 0.6 is 0 Å². The van der Waals surface area contributed by atoms with E-state index in [9.17, 15) is 14.7 Å². The molecule has 5 nitrogen and oxygen atoms in total. The number of urea groups is 1. The Balaban J connectivity index is 1.78. The summed E-state index contributed by atoms with van der Waals surface area (Å²) in [6, 6.07) is 0.351. The summed E-state index contributed by atoms with van der Waals surface area (Å²) in [5.74, 6) is -0.167. The number of carbonyl (C=O) groups excluding carboxylic acids is 1. The van der Waals surface area contributed by atoms with Crippen molar-refractivity contribution in [3.8, 4) is 0 Å². The molecule has 3 aliphatic rings. The van der Waals surface area contributed by atoms with E-state index in [0.29, 0.717) is 31.3 Å². The Morgan fingerprint density at radius 2 is 2.00 bits per heavy atom. The van der Waals surface area contributed by atoms with Crippen molar-refractivity contribution >= 4 is 12.0 Å². The molecular formula is C16H26N2O3. The first-order valence-electron chi connectivity index (χ1n) is 8.40. The molecule has 3 fully saturated rings. The Bertz CT molecular complexity index is 431. The van der Waals surface area contributed by atoms with Gasteiger partial charge in [-0.2, -0.15) is 0 Å². The van der Waals surface area contributed by atoms with E-state index in [1.807, 2.05) is 11.8 Å². The van der Waals surface area contributed by atoms with E-state index in [4.69, 9.17) is 0 Å². The highest BCUT2D eigenvalue weighted by atomic mass is 16.4. The topological polar surface area (TPSA) is 60.9 Å². The molecule has 118 valence electrons. The first-order chi connectivity index (χ1) is 10.1. The molecule has 0 radical (unpaired) electrons. The SMILES string of the molecule is CCCC1(C(=O)O)CCCN1C(=O)N(CC1CC1)C1CC1. The molecule has 0 aromatic carbocycles. The fraction of sp³-hybridized carbons (Fsp3) is 0.875. The Kier molecular flexibility index (Phi) is 3.84. The molecular weight excluding hydrogens is 268 g/mol. The third-order valence-electron chi connectivity index (χ3n) is 5.17. The van der Waals surface area contributed by atoms with Gasteiger partial charge in [-0.1, -0.05) is 13.3 Å². The van der Waals surface area contributed by atoms with Crippen molar-refractivity contribution in [1.82, 2.24) is 9.80 Å². The van der Waals surface area contributed by atoms with Gasteiger partial charge < -0.3 is 14.9 Å². The minimum Gasteiger partial charge on any atom is -0.479 e. The van der Waals surface area contributed by atoms with Gasteiger partial charge in [-0.05, 0) is 50.9 Å². The summed E-state index contributed by atoms with van der Waals surface area (Å²) in [6.45, 7) is 3.43. The van der Waals surface area contributed by atoms with Crippen LogP contribution in [0.4, 0.5) is 4.79 Å². The standard InChI is InChI=1S/C16H26N2O3/c1-2-8-16(14(19)20)9-3-10-18(16)15(21)17(13-6-7-13)11-12-4-5-12/h12-13H,2-11H2,1H3,(H,19,20). The molecule has 1 aliphatic heterocycles. The predicted octanol–water partition coefficient (Wildman–Crippen LogP) is 2.70. The lowest BCUT2D eigenvalue weighted by atomic mass is 9.91. The summed E-state index contributed by atoms with van der Waals surface area (Å²) >= 11 is 0. The second kappa shape index (κ2) is 5.50. The molecule has 1 unspecified atom stereocenters. The summed E-state index contributed by atoms with van der Waals surface area (Å²) in [4.78, 5) is 28.5. The summed E-state index contributed by atoms with van der Waals surface area (Å²) < 4.78 is 0. The molecule has 2 amide bonds. The number of carboxylic acids is 1. The van der Waals surface area contributed by atoms with Gasteiger partial charge >= 0.3 is 12.0 Å². The molecule has 2 aliphatic carbocycles. The molecule has 2 saturated carbocycles. The van der Waals surface area contributed by atoms with Crippen LogP contribution in [0.5, 0.6) is 0 Å². The zero-order chi connectivity index (χ0) is 15.0. The average molecular weight is 294 g/mol. The van der Waals surface area contributed by atoms with Gasteiger partial charge in [0.05, 0.1) is 0 Å². The van der Waals surface area contributed by atoms with Gasteiger partial charge in [-0.15, -0.1) is 0 Å². The Hall–Kier alpha value is -1.26. The number of carbonyl (C=O) groups is 2. The van der Waals surface area contributed by atoms with E-state index in [0.717, 1.165) is 32.2 Å². The quantitative estimate of drug-likeness (QED) is 0.819. The molecule has 1 atom stereocenters. The van der Waals surface area contributed by atoms with Crippen molar-refractivity contribution in [1.29, 1.82) is 0 Å². The number of rotatable bonds is 6. The maximum Gasteiger partial charge on any atom is 0.329 e. The summed E-state index contributed by atoms with van der Waals surface area (Å²) in [6.07, 6.45) is 7.37. The third-order valence-corrected chi connectivity index (χ3v) is 5.17. The molecule has 1 saturated heterocycles. The molecule has 0 aromatic heterocycles. The van der Waals surface area contributed by atoms with Gasteiger partial charge in [0.15, 0.2) is 0 Å². The molecule has 3 rings (SSSR count). The Morgan fingerprint density at radius 1 is 1.29 bits per heavy atom. The molecule has 21 heavy (non-hydrogen) atoms. The summed E-state index contributed by atoms with van der Waals surface area (Å²) in [7, 11) is 0. The number of carboxylic acid groups (broad SMARTS) is 1. The molecule has 1 N–H and O–H groups in total. The fourth-order valence-electron chi connectivity index (χ4n) is 3.66. The van der Waals surface area contributed by atoms with Gasteiger partial charge in [0.2, 0.25) is 0 Å².